The minimum absolute atomic E-state index is 0.161. The molecular formula is C15H30N2O2. The molecule has 1 aliphatic rings. The van der Waals surface area contributed by atoms with Gasteiger partial charge in [-0.05, 0) is 51.0 Å². The van der Waals surface area contributed by atoms with Crippen molar-refractivity contribution < 1.29 is 9.90 Å². The van der Waals surface area contributed by atoms with Crippen LogP contribution in [0.2, 0.25) is 0 Å². The lowest BCUT2D eigenvalue weighted by Gasteiger charge is -2.26. The molecule has 4 heteroatoms. The molecule has 0 radical (unpaired) electrons. The first kappa shape index (κ1) is 16.4. The summed E-state index contributed by atoms with van der Waals surface area (Å²) >= 11 is 0. The van der Waals surface area contributed by atoms with Gasteiger partial charge in [-0.3, -0.25) is 4.79 Å². The first-order valence-corrected chi connectivity index (χ1v) is 7.83. The van der Waals surface area contributed by atoms with Crippen molar-refractivity contribution in [2.75, 3.05) is 6.54 Å². The Bertz CT molecular complexity index is 245. The van der Waals surface area contributed by atoms with Crippen LogP contribution in [0.25, 0.3) is 0 Å². The van der Waals surface area contributed by atoms with Gasteiger partial charge in [0, 0.05) is 12.5 Å². The number of nitrogens with one attached hydrogen (secondary N) is 1. The van der Waals surface area contributed by atoms with Gasteiger partial charge >= 0.3 is 0 Å². The molecule has 0 saturated heterocycles. The molecule has 0 heterocycles. The third-order valence-corrected chi connectivity index (χ3v) is 4.11. The first-order valence-electron chi connectivity index (χ1n) is 7.83. The van der Waals surface area contributed by atoms with Gasteiger partial charge < -0.3 is 16.2 Å². The van der Waals surface area contributed by atoms with E-state index in [1.165, 1.54) is 6.42 Å². The largest absolute Gasteiger partial charge is 0.393 e. The summed E-state index contributed by atoms with van der Waals surface area (Å²) in [7, 11) is 0. The van der Waals surface area contributed by atoms with Crippen LogP contribution in [0.4, 0.5) is 0 Å². The number of hydrogen-bond acceptors (Lipinski definition) is 3. The fourth-order valence-electron chi connectivity index (χ4n) is 2.93. The number of amides is 1. The lowest BCUT2D eigenvalue weighted by Crippen LogP contribution is -2.38. The maximum Gasteiger partial charge on any atom is 0.220 e. The average molecular weight is 270 g/mol. The molecule has 1 unspecified atom stereocenters. The predicted molar refractivity (Wildman–Crippen MR) is 77.7 cm³/mol. The van der Waals surface area contributed by atoms with E-state index in [0.29, 0.717) is 18.9 Å². The van der Waals surface area contributed by atoms with E-state index < -0.39 is 0 Å². The Balaban J connectivity index is 2.19. The Kier molecular flexibility index (Phi) is 8.07. The molecule has 0 aliphatic heterocycles. The third-order valence-electron chi connectivity index (χ3n) is 4.11. The van der Waals surface area contributed by atoms with Gasteiger partial charge in [-0.1, -0.05) is 19.8 Å². The Morgan fingerprint density at radius 1 is 1.26 bits per heavy atom. The zero-order valence-corrected chi connectivity index (χ0v) is 12.2. The number of hydrogen-bond donors (Lipinski definition) is 3. The molecule has 1 atom stereocenters. The lowest BCUT2D eigenvalue weighted by molar-refractivity contribution is -0.122. The Labute approximate surface area is 117 Å². The van der Waals surface area contributed by atoms with Gasteiger partial charge in [0.25, 0.3) is 0 Å². The van der Waals surface area contributed by atoms with Crippen LogP contribution in [-0.2, 0) is 4.79 Å². The predicted octanol–water partition coefficient (Wildman–Crippen LogP) is 1.95. The number of nitrogens with two attached hydrogens (primary N) is 1. The number of aliphatic hydroxyl groups excluding tert-OH is 1. The number of rotatable bonds is 8. The smallest absolute Gasteiger partial charge is 0.220 e. The highest BCUT2D eigenvalue weighted by atomic mass is 16.3. The molecule has 0 aromatic carbocycles. The van der Waals surface area contributed by atoms with Crippen molar-refractivity contribution in [2.45, 2.75) is 76.9 Å². The van der Waals surface area contributed by atoms with Crippen LogP contribution >= 0.6 is 0 Å². The van der Waals surface area contributed by atoms with Crippen molar-refractivity contribution in [3.05, 3.63) is 0 Å². The van der Waals surface area contributed by atoms with Crippen LogP contribution in [0.1, 0.15) is 64.7 Å². The van der Waals surface area contributed by atoms with E-state index >= 15 is 0 Å². The summed E-state index contributed by atoms with van der Waals surface area (Å²) in [4.78, 5) is 11.9. The van der Waals surface area contributed by atoms with Crippen LogP contribution in [0, 0.1) is 5.92 Å². The molecule has 0 spiro atoms. The Hall–Kier alpha value is -0.610. The highest BCUT2D eigenvalue weighted by Crippen LogP contribution is 2.20. The lowest BCUT2D eigenvalue weighted by atomic mass is 9.92. The molecule has 1 amide bonds. The maximum atomic E-state index is 11.9. The van der Waals surface area contributed by atoms with E-state index in [-0.39, 0.29) is 18.1 Å². The van der Waals surface area contributed by atoms with Gasteiger partial charge in [-0.15, -0.1) is 0 Å². The Morgan fingerprint density at radius 2 is 1.95 bits per heavy atom. The summed E-state index contributed by atoms with van der Waals surface area (Å²) in [5.41, 5.74) is 5.60. The van der Waals surface area contributed by atoms with E-state index in [9.17, 15) is 9.90 Å². The molecule has 0 bridgehead atoms. The van der Waals surface area contributed by atoms with Gasteiger partial charge in [0.15, 0.2) is 0 Å². The molecule has 4 N–H and O–H groups in total. The van der Waals surface area contributed by atoms with Crippen molar-refractivity contribution in [1.29, 1.82) is 0 Å². The minimum Gasteiger partial charge on any atom is -0.393 e. The van der Waals surface area contributed by atoms with Crippen molar-refractivity contribution in [2.24, 2.45) is 11.7 Å². The summed E-state index contributed by atoms with van der Waals surface area (Å²) in [6.45, 7) is 2.89. The van der Waals surface area contributed by atoms with Crippen molar-refractivity contribution in [3.63, 3.8) is 0 Å². The maximum absolute atomic E-state index is 11.9. The molecule has 112 valence electrons. The van der Waals surface area contributed by atoms with E-state index in [0.717, 1.165) is 44.9 Å². The molecule has 4 nitrogen and oxygen atoms in total. The second-order valence-corrected chi connectivity index (χ2v) is 5.84. The zero-order chi connectivity index (χ0) is 14.1. The summed E-state index contributed by atoms with van der Waals surface area (Å²) in [6, 6.07) is 0.273. The van der Waals surface area contributed by atoms with Crippen LogP contribution in [0.5, 0.6) is 0 Å². The standard InChI is InChI=1S/C15H30N2O2/c1-2-3-12(10-11-16)4-9-15(19)17-13-5-7-14(18)8-6-13/h12-14,18H,2-11,16H2,1H3,(H,17,19). The van der Waals surface area contributed by atoms with Gasteiger partial charge in [0.2, 0.25) is 5.91 Å². The summed E-state index contributed by atoms with van der Waals surface area (Å²) in [5, 5.41) is 12.5. The average Bonchev–Trinajstić information content (AvgIpc) is 2.39. The second-order valence-electron chi connectivity index (χ2n) is 5.84. The summed E-state index contributed by atoms with van der Waals surface area (Å²) in [5.74, 6) is 0.758. The summed E-state index contributed by atoms with van der Waals surface area (Å²) < 4.78 is 0. The van der Waals surface area contributed by atoms with Crippen LogP contribution in [-0.4, -0.2) is 29.7 Å². The number of aliphatic hydroxyl groups is 1. The zero-order valence-electron chi connectivity index (χ0n) is 12.2. The topological polar surface area (TPSA) is 75.4 Å². The molecule has 19 heavy (non-hydrogen) atoms. The fourth-order valence-corrected chi connectivity index (χ4v) is 2.93. The van der Waals surface area contributed by atoms with Crippen LogP contribution in [0.3, 0.4) is 0 Å². The van der Waals surface area contributed by atoms with Gasteiger partial charge in [-0.2, -0.15) is 0 Å². The monoisotopic (exact) mass is 270 g/mol. The summed E-state index contributed by atoms with van der Waals surface area (Å²) in [6.07, 6.45) is 8.21. The molecule has 0 aromatic rings. The SMILES string of the molecule is CCCC(CCN)CCC(=O)NC1CCC(O)CC1. The fraction of sp³-hybridized carbons (Fsp3) is 0.933. The van der Waals surface area contributed by atoms with Crippen molar-refractivity contribution >= 4 is 5.91 Å². The number of carbonyl (C=O) groups excluding carboxylic acids is 1. The van der Waals surface area contributed by atoms with Gasteiger partial charge in [0.05, 0.1) is 6.10 Å². The highest BCUT2D eigenvalue weighted by molar-refractivity contribution is 5.76. The van der Waals surface area contributed by atoms with Gasteiger partial charge in [0.1, 0.15) is 0 Å². The second kappa shape index (κ2) is 9.32. The van der Waals surface area contributed by atoms with E-state index in [1.807, 2.05) is 0 Å². The van der Waals surface area contributed by atoms with E-state index in [1.54, 1.807) is 0 Å². The first-order chi connectivity index (χ1) is 9.15. The molecule has 0 aromatic heterocycles. The molecule has 1 fully saturated rings. The quantitative estimate of drug-likeness (QED) is 0.631. The third kappa shape index (κ3) is 6.92. The molecule has 1 saturated carbocycles. The molecule has 1 aliphatic carbocycles. The van der Waals surface area contributed by atoms with Crippen molar-refractivity contribution in [1.82, 2.24) is 5.32 Å². The van der Waals surface area contributed by atoms with E-state index in [4.69, 9.17) is 5.73 Å². The van der Waals surface area contributed by atoms with Crippen LogP contribution < -0.4 is 11.1 Å². The highest BCUT2D eigenvalue weighted by Gasteiger charge is 2.20. The van der Waals surface area contributed by atoms with Gasteiger partial charge in [-0.25, -0.2) is 0 Å². The van der Waals surface area contributed by atoms with Crippen molar-refractivity contribution in [3.8, 4) is 0 Å². The molecule has 1 rings (SSSR count). The van der Waals surface area contributed by atoms with E-state index in [2.05, 4.69) is 12.2 Å². The minimum atomic E-state index is -0.161. The molecular weight excluding hydrogens is 240 g/mol. The number of carbonyl (C=O) groups is 1. The van der Waals surface area contributed by atoms with Crippen LogP contribution in [0.15, 0.2) is 0 Å². The normalized spacial score (nSPS) is 25.0. The Morgan fingerprint density at radius 3 is 2.53 bits per heavy atom.